The van der Waals surface area contributed by atoms with E-state index in [2.05, 4.69) is 16.1 Å². The van der Waals surface area contributed by atoms with Crippen LogP contribution in [0.5, 0.6) is 11.6 Å². The van der Waals surface area contributed by atoms with E-state index in [0.717, 1.165) is 34.2 Å². The summed E-state index contributed by atoms with van der Waals surface area (Å²) in [5.41, 5.74) is 1.11. The van der Waals surface area contributed by atoms with Crippen molar-refractivity contribution < 1.29 is 14.7 Å². The lowest BCUT2D eigenvalue weighted by Gasteiger charge is -2.31. The molecule has 1 saturated heterocycles. The van der Waals surface area contributed by atoms with Crippen molar-refractivity contribution in [3.05, 3.63) is 40.5 Å². The molecule has 1 atom stereocenters. The first-order valence-electron chi connectivity index (χ1n) is 8.71. The molecular formula is C18H23N4O2S+. The number of aromatic nitrogens is 3. The van der Waals surface area contributed by atoms with E-state index in [-0.39, 0.29) is 11.9 Å². The molecule has 1 aliphatic rings. The number of piperidine rings is 1. The van der Waals surface area contributed by atoms with Crippen LogP contribution in [0, 0.1) is 6.92 Å². The number of nitrogens with one attached hydrogen (secondary N) is 1. The fraction of sp³-hybridized carbons (Fsp3) is 0.444. The molecule has 0 amide bonds. The number of aromatic hydroxyl groups is 1. The summed E-state index contributed by atoms with van der Waals surface area (Å²) in [5, 5.41) is 15.2. The second-order valence-corrected chi connectivity index (χ2v) is 7.55. The summed E-state index contributed by atoms with van der Waals surface area (Å²) in [5.74, 6) is 1.74. The summed E-state index contributed by atoms with van der Waals surface area (Å²) in [6.07, 6.45) is 3.70. The van der Waals surface area contributed by atoms with Gasteiger partial charge in [0.05, 0.1) is 25.8 Å². The van der Waals surface area contributed by atoms with Gasteiger partial charge in [-0.3, -0.25) is 0 Å². The number of quaternary nitrogens is 1. The van der Waals surface area contributed by atoms with Crippen molar-refractivity contribution in [2.24, 2.45) is 0 Å². The van der Waals surface area contributed by atoms with E-state index in [1.807, 2.05) is 25.1 Å². The Labute approximate surface area is 150 Å². The van der Waals surface area contributed by atoms with Gasteiger partial charge in [-0.1, -0.05) is 23.5 Å². The van der Waals surface area contributed by atoms with Crippen LogP contribution in [0.3, 0.4) is 0 Å². The summed E-state index contributed by atoms with van der Waals surface area (Å²) in [4.78, 5) is 7.54. The van der Waals surface area contributed by atoms with Crippen LogP contribution in [-0.4, -0.2) is 39.9 Å². The van der Waals surface area contributed by atoms with Crippen molar-refractivity contribution in [3.63, 3.8) is 0 Å². The smallest absolute Gasteiger partial charge is 0.235 e. The van der Waals surface area contributed by atoms with E-state index in [1.165, 1.54) is 35.5 Å². The first-order valence-corrected chi connectivity index (χ1v) is 9.53. The maximum absolute atomic E-state index is 10.8. The van der Waals surface area contributed by atoms with Crippen LogP contribution >= 0.6 is 11.3 Å². The Morgan fingerprint density at radius 2 is 2.00 bits per heavy atom. The molecule has 0 radical (unpaired) electrons. The van der Waals surface area contributed by atoms with Crippen LogP contribution in [0.1, 0.15) is 41.6 Å². The Balaban J connectivity index is 1.86. The van der Waals surface area contributed by atoms with Gasteiger partial charge in [-0.2, -0.15) is 4.52 Å². The number of rotatable bonds is 4. The van der Waals surface area contributed by atoms with Crippen molar-refractivity contribution >= 4 is 16.3 Å². The van der Waals surface area contributed by atoms with Gasteiger partial charge in [0.1, 0.15) is 16.5 Å². The lowest BCUT2D eigenvalue weighted by atomic mass is 9.99. The highest BCUT2D eigenvalue weighted by atomic mass is 32.1. The Hall–Kier alpha value is -2.12. The molecule has 7 heteroatoms. The number of nitrogens with zero attached hydrogens (tertiary/aromatic N) is 3. The van der Waals surface area contributed by atoms with Gasteiger partial charge in [0, 0.05) is 0 Å². The van der Waals surface area contributed by atoms with Gasteiger partial charge in [0.25, 0.3) is 0 Å². The van der Waals surface area contributed by atoms with Crippen molar-refractivity contribution in [2.75, 3.05) is 20.2 Å². The van der Waals surface area contributed by atoms with Crippen LogP contribution < -0.4 is 9.64 Å². The average Bonchev–Trinajstić information content (AvgIpc) is 3.14. The number of fused-ring (bicyclic) bond motifs is 1. The number of ether oxygens (including phenoxy) is 1. The highest BCUT2D eigenvalue weighted by molar-refractivity contribution is 7.17. The predicted octanol–water partition coefficient (Wildman–Crippen LogP) is 1.97. The van der Waals surface area contributed by atoms with Crippen LogP contribution in [-0.2, 0) is 0 Å². The molecule has 2 N–H and O–H groups in total. The molecule has 4 rings (SSSR count). The minimum Gasteiger partial charge on any atom is -0.496 e. The Bertz CT molecular complexity index is 882. The molecule has 0 saturated carbocycles. The first-order chi connectivity index (χ1) is 12.2. The quantitative estimate of drug-likeness (QED) is 0.748. The van der Waals surface area contributed by atoms with Crippen LogP contribution in [0.15, 0.2) is 24.3 Å². The van der Waals surface area contributed by atoms with Crippen molar-refractivity contribution in [2.45, 2.75) is 32.2 Å². The van der Waals surface area contributed by atoms with Gasteiger partial charge < -0.3 is 14.7 Å². The molecule has 1 aromatic carbocycles. The largest absolute Gasteiger partial charge is 0.496 e. The Kier molecular flexibility index (Phi) is 4.35. The van der Waals surface area contributed by atoms with E-state index < -0.39 is 0 Å². The predicted molar refractivity (Wildman–Crippen MR) is 96.7 cm³/mol. The zero-order valence-corrected chi connectivity index (χ0v) is 15.3. The SMILES string of the molecule is COc1ccccc1[C@@H](c1sc2nc(C)nn2c1O)[NH+]1CCCCC1. The molecular weight excluding hydrogens is 336 g/mol. The third-order valence-corrected chi connectivity index (χ3v) is 6.01. The third-order valence-electron chi connectivity index (χ3n) is 4.92. The average molecular weight is 359 g/mol. The van der Waals surface area contributed by atoms with Gasteiger partial charge >= 0.3 is 0 Å². The summed E-state index contributed by atoms with van der Waals surface area (Å²) in [6, 6.07) is 8.14. The topological polar surface area (TPSA) is 64.1 Å². The molecule has 25 heavy (non-hydrogen) atoms. The van der Waals surface area contributed by atoms with Gasteiger partial charge in [-0.05, 0) is 38.3 Å². The van der Waals surface area contributed by atoms with Crippen molar-refractivity contribution in [1.82, 2.24) is 14.6 Å². The summed E-state index contributed by atoms with van der Waals surface area (Å²) in [7, 11) is 1.70. The maximum Gasteiger partial charge on any atom is 0.235 e. The molecule has 3 heterocycles. The van der Waals surface area contributed by atoms with Crippen LogP contribution in [0.25, 0.3) is 4.96 Å². The normalized spacial score (nSPS) is 17.0. The number of hydrogen-bond donors (Lipinski definition) is 2. The van der Waals surface area contributed by atoms with E-state index in [1.54, 1.807) is 11.6 Å². The second kappa shape index (κ2) is 6.65. The lowest BCUT2D eigenvalue weighted by molar-refractivity contribution is -0.930. The standard InChI is InChI=1S/C18H22N4O2S/c1-12-19-18-22(20-12)17(23)16(25-18)15(21-10-6-3-7-11-21)13-8-4-5-9-14(13)24-2/h4-5,8-9,15,23H,3,6-7,10-11H2,1-2H3/p+1/t15-/m0/s1. The minimum atomic E-state index is 0.0326. The van der Waals surface area contributed by atoms with E-state index >= 15 is 0 Å². The number of aryl methyl sites for hydroxylation is 1. The summed E-state index contributed by atoms with van der Waals surface area (Å²) >= 11 is 1.52. The highest BCUT2D eigenvalue weighted by Crippen LogP contribution is 2.38. The Morgan fingerprint density at radius 1 is 1.24 bits per heavy atom. The van der Waals surface area contributed by atoms with Gasteiger partial charge in [-0.25, -0.2) is 4.98 Å². The summed E-state index contributed by atoms with van der Waals surface area (Å²) < 4.78 is 7.18. The molecule has 0 aliphatic carbocycles. The van der Waals surface area contributed by atoms with Crippen LogP contribution in [0.2, 0.25) is 0 Å². The number of hydrogen-bond acceptors (Lipinski definition) is 5. The zero-order chi connectivity index (χ0) is 17.4. The molecule has 6 nitrogen and oxygen atoms in total. The summed E-state index contributed by atoms with van der Waals surface area (Å²) in [6.45, 7) is 4.02. The van der Waals surface area contributed by atoms with E-state index in [0.29, 0.717) is 5.82 Å². The van der Waals surface area contributed by atoms with Gasteiger partial charge in [0.2, 0.25) is 10.8 Å². The van der Waals surface area contributed by atoms with E-state index in [4.69, 9.17) is 4.74 Å². The van der Waals surface area contributed by atoms with E-state index in [9.17, 15) is 5.11 Å². The zero-order valence-electron chi connectivity index (χ0n) is 14.5. The molecule has 1 fully saturated rings. The van der Waals surface area contributed by atoms with Crippen molar-refractivity contribution in [1.29, 1.82) is 0 Å². The van der Waals surface area contributed by atoms with Crippen LogP contribution in [0.4, 0.5) is 0 Å². The second-order valence-electron chi connectivity index (χ2n) is 6.54. The van der Waals surface area contributed by atoms with Gasteiger partial charge in [0.15, 0.2) is 6.04 Å². The number of thiazole rings is 1. The Morgan fingerprint density at radius 3 is 2.72 bits per heavy atom. The number of likely N-dealkylation sites (tertiary alicyclic amines) is 1. The third kappa shape index (κ3) is 2.87. The minimum absolute atomic E-state index is 0.0326. The maximum atomic E-state index is 10.8. The molecule has 0 bridgehead atoms. The molecule has 0 spiro atoms. The van der Waals surface area contributed by atoms with Gasteiger partial charge in [-0.15, -0.1) is 5.10 Å². The fourth-order valence-electron chi connectivity index (χ4n) is 3.78. The lowest BCUT2D eigenvalue weighted by Crippen LogP contribution is -3.13. The number of methoxy groups -OCH3 is 1. The first kappa shape index (κ1) is 16.4. The molecule has 2 aromatic heterocycles. The molecule has 3 aromatic rings. The number of benzene rings is 1. The molecule has 132 valence electrons. The molecule has 0 unspecified atom stereocenters. The fourth-order valence-corrected chi connectivity index (χ4v) is 4.96. The number of para-hydroxylation sites is 1. The van der Waals surface area contributed by atoms with Crippen molar-refractivity contribution in [3.8, 4) is 11.6 Å². The highest BCUT2D eigenvalue weighted by Gasteiger charge is 2.35. The monoisotopic (exact) mass is 359 g/mol. The molecule has 1 aliphatic heterocycles.